The maximum absolute atomic E-state index is 14.5. The molecular weight excluding hydrogens is 455 g/mol. The van der Waals surface area contributed by atoms with Crippen LogP contribution < -0.4 is 15.9 Å². The van der Waals surface area contributed by atoms with E-state index in [2.05, 4.69) is 0 Å². The second-order valence-electron chi connectivity index (χ2n) is 7.08. The summed E-state index contributed by atoms with van der Waals surface area (Å²) in [7, 11) is -3.06. The summed E-state index contributed by atoms with van der Waals surface area (Å²) in [5.74, 6) is 0.188. The molecule has 0 heterocycles. The van der Waals surface area contributed by atoms with Crippen molar-refractivity contribution in [1.82, 2.24) is 0 Å². The van der Waals surface area contributed by atoms with Crippen LogP contribution in [0.2, 0.25) is 0 Å². The molecule has 2 nitrogen and oxygen atoms in total. The van der Waals surface area contributed by atoms with Crippen LogP contribution in [0, 0.1) is 0 Å². The molecule has 0 saturated heterocycles. The van der Waals surface area contributed by atoms with Crippen LogP contribution in [0.3, 0.4) is 0 Å². The zero-order chi connectivity index (χ0) is 21.5. The van der Waals surface area contributed by atoms with E-state index in [1.807, 2.05) is 121 Å². The Morgan fingerprint density at radius 3 is 1.69 bits per heavy atom. The Bertz CT molecular complexity index is 1200. The van der Waals surface area contributed by atoms with Gasteiger partial charge in [-0.1, -0.05) is 89.7 Å². The summed E-state index contributed by atoms with van der Waals surface area (Å²) in [5.41, 5.74) is 1.50. The van der Waals surface area contributed by atoms with Gasteiger partial charge in [0, 0.05) is 27.7 Å². The number of aromatic hydroxyl groups is 1. The average Bonchev–Trinajstić information content (AvgIpc) is 3.56. The van der Waals surface area contributed by atoms with Crippen LogP contribution in [-0.2, 0) is 21.6 Å². The van der Waals surface area contributed by atoms with Gasteiger partial charge in [0.1, 0.15) is 7.14 Å². The molecule has 0 fully saturated rings. The standard InChI is InChI=1S/C23H18O2P.C5H5.Fe/c24-22-16-8-7-14-20(22)21-15-9-17-23(21)26(25,18-10-3-1-4-11-18)19-12-5-2-6-13-19;1-2-4-5-3-1;/h1-17,24H;1-5H;/q2*-1;. The molecule has 0 saturated carbocycles. The summed E-state index contributed by atoms with van der Waals surface area (Å²) in [6, 6.07) is 42.0. The van der Waals surface area contributed by atoms with Gasteiger partial charge in [0.2, 0.25) is 0 Å². The number of hydrogen-bond acceptors (Lipinski definition) is 2. The van der Waals surface area contributed by atoms with E-state index in [9.17, 15) is 9.67 Å². The summed E-state index contributed by atoms with van der Waals surface area (Å²) in [4.78, 5) is 0. The first-order valence-corrected chi connectivity index (χ1v) is 11.8. The fraction of sp³-hybridized carbons (Fsp3) is 0. The van der Waals surface area contributed by atoms with E-state index in [1.54, 1.807) is 12.1 Å². The van der Waals surface area contributed by atoms with Crippen LogP contribution in [0.4, 0.5) is 0 Å². The Balaban J connectivity index is 0.000000427. The monoisotopic (exact) mass is 478 g/mol. The summed E-state index contributed by atoms with van der Waals surface area (Å²) in [6.45, 7) is 0. The number of benzene rings is 3. The van der Waals surface area contributed by atoms with E-state index in [1.165, 1.54) is 0 Å². The number of para-hydroxylation sites is 1. The fourth-order valence-electron chi connectivity index (χ4n) is 3.64. The molecule has 5 rings (SSSR count). The van der Waals surface area contributed by atoms with Crippen molar-refractivity contribution in [2.24, 2.45) is 0 Å². The van der Waals surface area contributed by atoms with Crippen LogP contribution in [-0.4, -0.2) is 5.11 Å². The van der Waals surface area contributed by atoms with Crippen molar-refractivity contribution in [3.8, 4) is 16.9 Å². The number of rotatable bonds is 4. The topological polar surface area (TPSA) is 37.3 Å². The quantitative estimate of drug-likeness (QED) is 0.201. The van der Waals surface area contributed by atoms with Gasteiger partial charge in [-0.05, 0) is 6.07 Å². The van der Waals surface area contributed by atoms with Crippen molar-refractivity contribution < 1.29 is 26.7 Å². The Morgan fingerprint density at radius 1 is 0.656 bits per heavy atom. The zero-order valence-electron chi connectivity index (χ0n) is 17.4. The molecule has 0 spiro atoms. The molecule has 0 amide bonds. The molecule has 0 radical (unpaired) electrons. The van der Waals surface area contributed by atoms with Gasteiger partial charge in [-0.3, -0.25) is 0 Å². The molecule has 0 atom stereocenters. The van der Waals surface area contributed by atoms with Gasteiger partial charge in [-0.25, -0.2) is 12.1 Å². The van der Waals surface area contributed by atoms with E-state index >= 15 is 0 Å². The molecule has 32 heavy (non-hydrogen) atoms. The molecule has 0 aliphatic carbocycles. The predicted molar refractivity (Wildman–Crippen MR) is 131 cm³/mol. The summed E-state index contributed by atoms with van der Waals surface area (Å²) in [5, 5.41) is 12.6. The molecule has 4 heteroatoms. The largest absolute Gasteiger partial charge is 0.517 e. The summed E-state index contributed by atoms with van der Waals surface area (Å²) >= 11 is 0. The van der Waals surface area contributed by atoms with Crippen molar-refractivity contribution >= 4 is 23.1 Å². The maximum Gasteiger partial charge on any atom is 0.134 e. The Labute approximate surface area is 199 Å². The molecule has 0 aliphatic rings. The summed E-state index contributed by atoms with van der Waals surface area (Å²) in [6.07, 6.45) is 0. The third kappa shape index (κ3) is 4.87. The van der Waals surface area contributed by atoms with Crippen LogP contribution in [0.5, 0.6) is 5.75 Å². The van der Waals surface area contributed by atoms with Crippen molar-refractivity contribution in [3.63, 3.8) is 0 Å². The molecule has 5 aromatic rings. The van der Waals surface area contributed by atoms with E-state index in [0.717, 1.165) is 21.5 Å². The second kappa shape index (κ2) is 11.0. The number of phenolic OH excluding ortho intramolecular Hbond substituents is 1. The minimum atomic E-state index is -3.06. The van der Waals surface area contributed by atoms with Crippen molar-refractivity contribution in [1.29, 1.82) is 0 Å². The van der Waals surface area contributed by atoms with Crippen LogP contribution in [0.25, 0.3) is 11.1 Å². The minimum Gasteiger partial charge on any atom is -0.517 e. The van der Waals surface area contributed by atoms with Gasteiger partial charge in [-0.15, -0.1) is 11.6 Å². The summed E-state index contributed by atoms with van der Waals surface area (Å²) < 4.78 is 14.5. The van der Waals surface area contributed by atoms with Crippen LogP contribution in [0.15, 0.2) is 133 Å². The Hall–Kier alpha value is -3.09. The molecule has 5 aromatic carbocycles. The molecular formula is C28H23FeO2P-2. The van der Waals surface area contributed by atoms with Gasteiger partial charge >= 0.3 is 0 Å². The first-order valence-electron chi connectivity index (χ1n) is 10.1. The van der Waals surface area contributed by atoms with Crippen LogP contribution >= 0.6 is 7.14 Å². The van der Waals surface area contributed by atoms with Crippen molar-refractivity contribution in [3.05, 3.63) is 133 Å². The smallest absolute Gasteiger partial charge is 0.134 e. The van der Waals surface area contributed by atoms with Gasteiger partial charge in [0.05, 0.1) is 5.75 Å². The Morgan fingerprint density at radius 2 is 1.19 bits per heavy atom. The molecule has 0 aromatic heterocycles. The molecule has 1 N–H and O–H groups in total. The molecule has 162 valence electrons. The van der Waals surface area contributed by atoms with E-state index in [4.69, 9.17) is 0 Å². The van der Waals surface area contributed by atoms with E-state index in [0.29, 0.717) is 5.56 Å². The second-order valence-corrected chi connectivity index (χ2v) is 9.82. The van der Waals surface area contributed by atoms with Gasteiger partial charge in [-0.2, -0.15) is 30.3 Å². The van der Waals surface area contributed by atoms with Gasteiger partial charge in [0.15, 0.2) is 0 Å². The van der Waals surface area contributed by atoms with Crippen molar-refractivity contribution in [2.75, 3.05) is 0 Å². The van der Waals surface area contributed by atoms with Gasteiger partial charge < -0.3 is 9.67 Å². The molecule has 0 unspecified atom stereocenters. The third-order valence-electron chi connectivity index (χ3n) is 5.12. The van der Waals surface area contributed by atoms with E-state index in [-0.39, 0.29) is 22.8 Å². The molecule has 0 aliphatic heterocycles. The first kappa shape index (κ1) is 23.6. The van der Waals surface area contributed by atoms with Crippen molar-refractivity contribution in [2.45, 2.75) is 0 Å². The minimum absolute atomic E-state index is 0. The maximum atomic E-state index is 14.5. The first-order chi connectivity index (χ1) is 15.2. The third-order valence-corrected chi connectivity index (χ3v) is 8.24. The van der Waals surface area contributed by atoms with Crippen LogP contribution in [0.1, 0.15) is 0 Å². The van der Waals surface area contributed by atoms with Gasteiger partial charge in [0.25, 0.3) is 0 Å². The normalized spacial score (nSPS) is 10.5. The van der Waals surface area contributed by atoms with E-state index < -0.39 is 7.14 Å². The number of phenols is 1. The average molecular weight is 478 g/mol. The predicted octanol–water partition coefficient (Wildman–Crippen LogP) is 5.82. The number of hydrogen-bond donors (Lipinski definition) is 1. The SMILES string of the molecule is O=P(c1ccccc1)(c1ccccc1)[c-]1cccc1-c1ccccc1O.[Fe].c1cc[cH-]c1. The zero-order valence-corrected chi connectivity index (χ0v) is 19.4. The molecule has 0 bridgehead atoms. The fourth-order valence-corrected chi connectivity index (χ4v) is 6.51. The Kier molecular flexibility index (Phi) is 8.08.